The Morgan fingerprint density at radius 2 is 1.93 bits per heavy atom. The second kappa shape index (κ2) is 11.1. The summed E-state index contributed by atoms with van der Waals surface area (Å²) in [5.74, 6) is -1.42. The van der Waals surface area contributed by atoms with E-state index in [1.807, 2.05) is 12.1 Å². The lowest BCUT2D eigenvalue weighted by atomic mass is 9.92. The van der Waals surface area contributed by atoms with Crippen LogP contribution in [0.3, 0.4) is 0 Å². The number of anilines is 1. The molecule has 5 heterocycles. The molecule has 6 rings (SSSR count). The maximum Gasteiger partial charge on any atom is 0.406 e. The summed E-state index contributed by atoms with van der Waals surface area (Å²) in [7, 11) is 0. The van der Waals surface area contributed by atoms with Crippen molar-refractivity contribution in [2.24, 2.45) is 5.92 Å². The number of aromatic nitrogens is 3. The zero-order chi connectivity index (χ0) is 29.6. The predicted octanol–water partition coefficient (Wildman–Crippen LogP) is 4.15. The Balaban J connectivity index is 1.15. The summed E-state index contributed by atoms with van der Waals surface area (Å²) in [5, 5.41) is 10.5. The highest BCUT2D eigenvalue weighted by atomic mass is 35.5. The lowest BCUT2D eigenvalue weighted by Gasteiger charge is -2.38. The summed E-state index contributed by atoms with van der Waals surface area (Å²) in [6.07, 6.45) is 0.164. The average Bonchev–Trinajstić information content (AvgIpc) is 3.34. The second-order valence-electron chi connectivity index (χ2n) is 11.1. The Kier molecular flexibility index (Phi) is 7.46. The zero-order valence-electron chi connectivity index (χ0n) is 22.6. The molecular formula is C28H29ClF3N7O3. The zero-order valence-corrected chi connectivity index (χ0v) is 23.3. The standard InChI is InChI=1S/C28H29ClF3N7O3/c29-22-11-17-10-18(26(41)38(15-28(30,31)32)14-21(17)20-13-34-36-24(20)22)12-23(40)37-7-4-19(5-8-37)39-9-3-16-2-1-6-33-25(16)35-27(39)42/h1-2,6,11,13,18-19H,3-5,7-10,12,14-15H2,(H,34,36)(H,33,35,42). The molecule has 0 spiro atoms. The SMILES string of the molecule is O=C(CC1Cc2cc(Cl)c3[nH]ncc3c2CN(CC(F)(F)F)C1=O)N1CCC(N2CCc3cccnc3NC2=O)CC1. The number of H-pyrrole nitrogens is 1. The van der Waals surface area contributed by atoms with Crippen molar-refractivity contribution in [3.05, 3.63) is 52.3 Å². The van der Waals surface area contributed by atoms with Crippen molar-refractivity contribution in [2.45, 2.75) is 50.9 Å². The summed E-state index contributed by atoms with van der Waals surface area (Å²) in [4.78, 5) is 48.2. The third kappa shape index (κ3) is 5.61. The van der Waals surface area contributed by atoms with Crippen LogP contribution in [0.2, 0.25) is 5.02 Å². The van der Waals surface area contributed by atoms with Gasteiger partial charge in [-0.1, -0.05) is 17.7 Å². The van der Waals surface area contributed by atoms with Gasteiger partial charge in [-0.05, 0) is 54.5 Å². The number of benzene rings is 1. The van der Waals surface area contributed by atoms with E-state index in [0.29, 0.717) is 71.8 Å². The molecule has 1 atom stereocenters. The van der Waals surface area contributed by atoms with Gasteiger partial charge in [-0.2, -0.15) is 18.3 Å². The van der Waals surface area contributed by atoms with Crippen molar-refractivity contribution >= 4 is 46.2 Å². The van der Waals surface area contributed by atoms with Gasteiger partial charge in [-0.3, -0.25) is 20.0 Å². The molecule has 0 saturated carbocycles. The van der Waals surface area contributed by atoms with E-state index in [2.05, 4.69) is 20.5 Å². The average molecular weight is 604 g/mol. The van der Waals surface area contributed by atoms with Crippen LogP contribution in [0.1, 0.15) is 36.0 Å². The minimum Gasteiger partial charge on any atom is -0.343 e. The van der Waals surface area contributed by atoms with Crippen LogP contribution in [0.5, 0.6) is 0 Å². The number of urea groups is 1. The quantitative estimate of drug-likeness (QED) is 0.465. The van der Waals surface area contributed by atoms with Gasteiger partial charge in [-0.15, -0.1) is 0 Å². The number of likely N-dealkylation sites (tertiary alicyclic amines) is 1. The van der Waals surface area contributed by atoms with Crippen LogP contribution in [-0.4, -0.2) is 86.1 Å². The molecule has 2 aromatic heterocycles. The maximum absolute atomic E-state index is 13.5. The van der Waals surface area contributed by atoms with Crippen LogP contribution in [0.4, 0.5) is 23.8 Å². The predicted molar refractivity (Wildman–Crippen MR) is 148 cm³/mol. The Labute approximate surface area is 244 Å². The third-order valence-corrected chi connectivity index (χ3v) is 8.71. The number of alkyl halides is 3. The number of rotatable bonds is 4. The molecule has 0 radical (unpaired) electrons. The Morgan fingerprint density at radius 1 is 1.14 bits per heavy atom. The van der Waals surface area contributed by atoms with Gasteiger partial charge in [0.2, 0.25) is 11.8 Å². The molecule has 3 aromatic rings. The number of hydrogen-bond acceptors (Lipinski definition) is 5. The van der Waals surface area contributed by atoms with E-state index in [1.54, 1.807) is 22.1 Å². The Hall–Kier alpha value is -3.87. The molecule has 2 N–H and O–H groups in total. The first-order valence-electron chi connectivity index (χ1n) is 13.9. The maximum atomic E-state index is 13.5. The highest BCUT2D eigenvalue weighted by Crippen LogP contribution is 2.35. The number of fused-ring (bicyclic) bond motifs is 4. The van der Waals surface area contributed by atoms with Gasteiger partial charge in [0, 0.05) is 50.2 Å². The first-order chi connectivity index (χ1) is 20.1. The molecule has 1 unspecified atom stereocenters. The van der Waals surface area contributed by atoms with Crippen molar-refractivity contribution in [3.63, 3.8) is 0 Å². The molecule has 3 aliphatic heterocycles. The van der Waals surface area contributed by atoms with Crippen molar-refractivity contribution in [2.75, 3.05) is 31.5 Å². The largest absolute Gasteiger partial charge is 0.406 e. The molecule has 14 heteroatoms. The van der Waals surface area contributed by atoms with E-state index in [4.69, 9.17) is 11.6 Å². The van der Waals surface area contributed by atoms with Crippen LogP contribution in [0, 0.1) is 5.92 Å². The first kappa shape index (κ1) is 28.3. The molecule has 3 aliphatic rings. The Bertz CT molecular complexity index is 1540. The topological polar surface area (TPSA) is 115 Å². The molecule has 0 bridgehead atoms. The smallest absolute Gasteiger partial charge is 0.343 e. The molecule has 1 saturated heterocycles. The fraction of sp³-hybridized carbons (Fsp3) is 0.464. The summed E-state index contributed by atoms with van der Waals surface area (Å²) in [6.45, 7) is -0.386. The Morgan fingerprint density at radius 3 is 2.69 bits per heavy atom. The second-order valence-corrected chi connectivity index (χ2v) is 11.5. The summed E-state index contributed by atoms with van der Waals surface area (Å²) in [5.41, 5.74) is 2.63. The fourth-order valence-electron chi connectivity index (χ4n) is 6.32. The van der Waals surface area contributed by atoms with E-state index in [-0.39, 0.29) is 37.4 Å². The van der Waals surface area contributed by atoms with Crippen LogP contribution >= 0.6 is 11.6 Å². The molecule has 222 valence electrons. The monoisotopic (exact) mass is 603 g/mol. The summed E-state index contributed by atoms with van der Waals surface area (Å²) >= 11 is 6.41. The van der Waals surface area contributed by atoms with Crippen LogP contribution < -0.4 is 5.32 Å². The number of carbonyl (C=O) groups is 3. The molecule has 1 fully saturated rings. The number of amides is 4. The number of piperidine rings is 1. The first-order valence-corrected chi connectivity index (χ1v) is 14.2. The summed E-state index contributed by atoms with van der Waals surface area (Å²) in [6, 6.07) is 5.11. The van der Waals surface area contributed by atoms with Gasteiger partial charge >= 0.3 is 12.2 Å². The van der Waals surface area contributed by atoms with Gasteiger partial charge < -0.3 is 14.7 Å². The highest BCUT2D eigenvalue weighted by Gasteiger charge is 2.40. The van der Waals surface area contributed by atoms with Gasteiger partial charge in [-0.25, -0.2) is 9.78 Å². The number of hydrogen-bond donors (Lipinski definition) is 2. The lowest BCUT2D eigenvalue weighted by Crippen LogP contribution is -2.50. The third-order valence-electron chi connectivity index (χ3n) is 8.42. The van der Waals surface area contributed by atoms with Gasteiger partial charge in [0.25, 0.3) is 0 Å². The minimum atomic E-state index is -4.60. The van der Waals surface area contributed by atoms with E-state index in [0.717, 1.165) is 10.5 Å². The lowest BCUT2D eigenvalue weighted by molar-refractivity contribution is -0.165. The van der Waals surface area contributed by atoms with Gasteiger partial charge in [0.1, 0.15) is 12.4 Å². The number of nitrogens with zero attached hydrogens (tertiary/aromatic N) is 5. The molecule has 10 nitrogen and oxygen atoms in total. The number of nitrogens with one attached hydrogen (secondary N) is 2. The van der Waals surface area contributed by atoms with Gasteiger partial charge in [0.05, 0.1) is 22.7 Å². The molecule has 42 heavy (non-hydrogen) atoms. The normalized spacial score (nSPS) is 20.2. The highest BCUT2D eigenvalue weighted by molar-refractivity contribution is 6.35. The van der Waals surface area contributed by atoms with E-state index >= 15 is 0 Å². The van der Waals surface area contributed by atoms with E-state index < -0.39 is 24.5 Å². The minimum absolute atomic E-state index is 0.0726. The van der Waals surface area contributed by atoms with Crippen LogP contribution in [-0.2, 0) is 29.0 Å². The number of pyridine rings is 1. The molecular weight excluding hydrogens is 575 g/mol. The molecule has 0 aliphatic carbocycles. The van der Waals surface area contributed by atoms with Crippen molar-refractivity contribution in [1.82, 2.24) is 29.9 Å². The van der Waals surface area contributed by atoms with E-state index in [9.17, 15) is 27.6 Å². The number of aromatic amines is 1. The van der Waals surface area contributed by atoms with Crippen LogP contribution in [0.25, 0.3) is 10.9 Å². The molecule has 1 aromatic carbocycles. The van der Waals surface area contributed by atoms with Crippen molar-refractivity contribution in [1.29, 1.82) is 0 Å². The molecule has 4 amide bonds. The van der Waals surface area contributed by atoms with Crippen LogP contribution in [0.15, 0.2) is 30.6 Å². The number of halogens is 4. The van der Waals surface area contributed by atoms with Gasteiger partial charge in [0.15, 0.2) is 0 Å². The fourth-order valence-corrected chi connectivity index (χ4v) is 6.60. The van der Waals surface area contributed by atoms with E-state index in [1.165, 1.54) is 6.20 Å². The van der Waals surface area contributed by atoms with Crippen molar-refractivity contribution < 1.29 is 27.6 Å². The number of carbonyl (C=O) groups excluding carboxylic acids is 3. The summed E-state index contributed by atoms with van der Waals surface area (Å²) < 4.78 is 40.5. The van der Waals surface area contributed by atoms with Crippen molar-refractivity contribution in [3.8, 4) is 0 Å².